The Balaban J connectivity index is 1.62. The highest BCUT2D eigenvalue weighted by Crippen LogP contribution is 2.55. The molecule has 4 rings (SSSR count). The largest absolute Gasteiger partial charge is 0.480 e. The molecule has 0 aromatic rings. The minimum absolute atomic E-state index is 0.0599. The number of carbonyl (C=O) groups excluding carboxylic acids is 1. The summed E-state index contributed by atoms with van der Waals surface area (Å²) in [5, 5.41) is 14.7. The van der Waals surface area contributed by atoms with E-state index in [0.29, 0.717) is 6.42 Å². The van der Waals surface area contributed by atoms with Gasteiger partial charge < -0.3 is 15.7 Å². The molecule has 0 saturated heterocycles. The molecule has 0 unspecified atom stereocenters. The van der Waals surface area contributed by atoms with Gasteiger partial charge in [-0.25, -0.2) is 9.59 Å². The Morgan fingerprint density at radius 1 is 1.15 bits per heavy atom. The molecule has 0 radical (unpaired) electrons. The van der Waals surface area contributed by atoms with E-state index in [2.05, 4.69) is 10.6 Å². The molecule has 4 aliphatic carbocycles. The second kappa shape index (κ2) is 4.93. The maximum Gasteiger partial charge on any atom is 0.326 e. The molecule has 0 aromatic heterocycles. The zero-order chi connectivity index (χ0) is 14.3. The lowest BCUT2D eigenvalue weighted by molar-refractivity contribution is -0.139. The van der Waals surface area contributed by atoms with Gasteiger partial charge in [0.1, 0.15) is 6.04 Å². The lowest BCUT2D eigenvalue weighted by Gasteiger charge is -2.56. The van der Waals surface area contributed by atoms with Gasteiger partial charge in [-0.1, -0.05) is 6.92 Å². The predicted octanol–water partition coefficient (Wildman–Crippen LogP) is 2.12. The topological polar surface area (TPSA) is 78.4 Å². The van der Waals surface area contributed by atoms with E-state index < -0.39 is 12.0 Å². The van der Waals surface area contributed by atoms with E-state index in [-0.39, 0.29) is 11.6 Å². The highest BCUT2D eigenvalue weighted by Gasteiger charge is 2.51. The average Bonchev–Trinajstić information content (AvgIpc) is 2.33. The van der Waals surface area contributed by atoms with E-state index in [1.807, 2.05) is 0 Å². The zero-order valence-corrected chi connectivity index (χ0v) is 12.0. The van der Waals surface area contributed by atoms with Gasteiger partial charge in [0.25, 0.3) is 0 Å². The molecule has 2 amide bonds. The van der Waals surface area contributed by atoms with Crippen LogP contribution >= 0.6 is 0 Å². The van der Waals surface area contributed by atoms with E-state index in [1.165, 1.54) is 19.3 Å². The second-order valence-corrected chi connectivity index (χ2v) is 7.10. The lowest BCUT2D eigenvalue weighted by atomic mass is 9.53. The molecule has 4 aliphatic rings. The normalized spacial score (nSPS) is 39.4. The number of rotatable bonds is 4. The van der Waals surface area contributed by atoms with E-state index in [1.54, 1.807) is 6.92 Å². The average molecular weight is 280 g/mol. The molecular formula is C15H24N2O3. The van der Waals surface area contributed by atoms with Crippen molar-refractivity contribution in [3.63, 3.8) is 0 Å². The summed E-state index contributed by atoms with van der Waals surface area (Å²) in [5.41, 5.74) is -0.0599. The Labute approximate surface area is 119 Å². The first-order valence-electron chi connectivity index (χ1n) is 7.81. The fraction of sp³-hybridized carbons (Fsp3) is 0.867. The van der Waals surface area contributed by atoms with Gasteiger partial charge in [0, 0.05) is 5.54 Å². The minimum Gasteiger partial charge on any atom is -0.480 e. The Hall–Kier alpha value is -1.26. The Morgan fingerprint density at radius 2 is 1.65 bits per heavy atom. The van der Waals surface area contributed by atoms with Crippen LogP contribution in [0.2, 0.25) is 0 Å². The van der Waals surface area contributed by atoms with Crippen LogP contribution in [0.5, 0.6) is 0 Å². The Morgan fingerprint density at radius 3 is 2.05 bits per heavy atom. The Kier molecular flexibility index (Phi) is 3.38. The van der Waals surface area contributed by atoms with Crippen molar-refractivity contribution in [3.05, 3.63) is 0 Å². The van der Waals surface area contributed by atoms with Crippen LogP contribution in [-0.2, 0) is 4.79 Å². The summed E-state index contributed by atoms with van der Waals surface area (Å²) in [6, 6.07) is -1.09. The van der Waals surface area contributed by atoms with Gasteiger partial charge in [-0.2, -0.15) is 0 Å². The van der Waals surface area contributed by atoms with Crippen LogP contribution in [-0.4, -0.2) is 28.7 Å². The van der Waals surface area contributed by atoms with Crippen LogP contribution in [0, 0.1) is 17.8 Å². The van der Waals surface area contributed by atoms with Gasteiger partial charge >= 0.3 is 12.0 Å². The number of hydrogen-bond acceptors (Lipinski definition) is 2. The summed E-state index contributed by atoms with van der Waals surface area (Å²) in [5.74, 6) is 1.34. The molecule has 20 heavy (non-hydrogen) atoms. The summed E-state index contributed by atoms with van der Waals surface area (Å²) in [6.45, 7) is 1.77. The molecule has 0 aliphatic heterocycles. The van der Waals surface area contributed by atoms with Crippen LogP contribution < -0.4 is 10.6 Å². The summed E-state index contributed by atoms with van der Waals surface area (Å²) in [4.78, 5) is 23.1. The number of amides is 2. The maximum atomic E-state index is 12.1. The van der Waals surface area contributed by atoms with Crippen molar-refractivity contribution in [2.45, 2.75) is 63.5 Å². The van der Waals surface area contributed by atoms with Crippen LogP contribution in [0.15, 0.2) is 0 Å². The third-order valence-corrected chi connectivity index (χ3v) is 5.43. The monoisotopic (exact) mass is 280 g/mol. The third kappa shape index (κ3) is 2.50. The number of nitrogens with one attached hydrogen (secondary N) is 2. The van der Waals surface area contributed by atoms with Crippen molar-refractivity contribution in [1.29, 1.82) is 0 Å². The van der Waals surface area contributed by atoms with Crippen molar-refractivity contribution in [2.75, 3.05) is 0 Å². The fourth-order valence-corrected chi connectivity index (χ4v) is 5.04. The predicted molar refractivity (Wildman–Crippen MR) is 74.3 cm³/mol. The number of aliphatic carboxylic acids is 1. The molecule has 5 nitrogen and oxygen atoms in total. The third-order valence-electron chi connectivity index (χ3n) is 5.43. The number of carboxylic acid groups (broad SMARTS) is 1. The molecule has 0 heterocycles. The van der Waals surface area contributed by atoms with Gasteiger partial charge in [-0.15, -0.1) is 0 Å². The van der Waals surface area contributed by atoms with E-state index in [9.17, 15) is 9.59 Å². The van der Waals surface area contributed by atoms with E-state index >= 15 is 0 Å². The molecule has 112 valence electrons. The van der Waals surface area contributed by atoms with Crippen molar-refractivity contribution >= 4 is 12.0 Å². The van der Waals surface area contributed by atoms with Crippen molar-refractivity contribution in [1.82, 2.24) is 10.6 Å². The smallest absolute Gasteiger partial charge is 0.326 e. The molecule has 4 bridgehead atoms. The summed E-state index contributed by atoms with van der Waals surface area (Å²) in [6.07, 6.45) is 7.63. The van der Waals surface area contributed by atoms with Gasteiger partial charge in [0.15, 0.2) is 0 Å². The number of carboxylic acids is 1. The maximum absolute atomic E-state index is 12.1. The van der Waals surface area contributed by atoms with Crippen LogP contribution in [0.4, 0.5) is 4.79 Å². The standard InChI is InChI=1S/C15H24N2O3/c1-2-12(13(18)19)16-14(20)17-15-6-9-3-10(7-15)5-11(4-9)8-15/h9-12H,2-8H2,1H3,(H,18,19)(H2,16,17,20)/t9?,10?,11?,12-,15?/m1/s1. The van der Waals surface area contributed by atoms with Crippen molar-refractivity contribution in [3.8, 4) is 0 Å². The molecular weight excluding hydrogens is 256 g/mol. The second-order valence-electron chi connectivity index (χ2n) is 7.10. The quantitative estimate of drug-likeness (QED) is 0.738. The lowest BCUT2D eigenvalue weighted by Crippen LogP contribution is -2.62. The highest BCUT2D eigenvalue weighted by atomic mass is 16.4. The van der Waals surface area contributed by atoms with Crippen LogP contribution in [0.1, 0.15) is 51.9 Å². The molecule has 0 aromatic carbocycles. The molecule has 0 spiro atoms. The van der Waals surface area contributed by atoms with Crippen molar-refractivity contribution < 1.29 is 14.7 Å². The zero-order valence-electron chi connectivity index (χ0n) is 12.0. The molecule has 4 fully saturated rings. The van der Waals surface area contributed by atoms with Gasteiger partial charge in [0.2, 0.25) is 0 Å². The summed E-state index contributed by atoms with van der Waals surface area (Å²) < 4.78 is 0. The number of urea groups is 1. The molecule has 5 heteroatoms. The molecule has 1 atom stereocenters. The molecule has 4 saturated carbocycles. The Bertz CT molecular complexity index is 386. The SMILES string of the molecule is CC[C@@H](NC(=O)NC12CC3CC(CC(C3)C1)C2)C(=O)O. The van der Waals surface area contributed by atoms with E-state index in [4.69, 9.17) is 5.11 Å². The van der Waals surface area contributed by atoms with E-state index in [0.717, 1.165) is 37.0 Å². The van der Waals surface area contributed by atoms with Gasteiger partial charge in [-0.3, -0.25) is 0 Å². The first-order valence-corrected chi connectivity index (χ1v) is 7.81. The van der Waals surface area contributed by atoms with Crippen LogP contribution in [0.25, 0.3) is 0 Å². The van der Waals surface area contributed by atoms with Crippen LogP contribution in [0.3, 0.4) is 0 Å². The summed E-state index contributed by atoms with van der Waals surface area (Å²) in [7, 11) is 0. The van der Waals surface area contributed by atoms with Crippen molar-refractivity contribution in [2.24, 2.45) is 17.8 Å². The molecule has 3 N–H and O–H groups in total. The van der Waals surface area contributed by atoms with Gasteiger partial charge in [0.05, 0.1) is 0 Å². The number of carbonyl (C=O) groups is 2. The summed E-state index contributed by atoms with van der Waals surface area (Å²) >= 11 is 0. The first kappa shape index (κ1) is 13.7. The first-order chi connectivity index (χ1) is 9.49. The minimum atomic E-state index is -0.965. The number of hydrogen-bond donors (Lipinski definition) is 3. The fourth-order valence-electron chi connectivity index (χ4n) is 5.04. The van der Waals surface area contributed by atoms with Gasteiger partial charge in [-0.05, 0) is 62.7 Å². The highest BCUT2D eigenvalue weighted by molar-refractivity contribution is 5.82.